The van der Waals surface area contributed by atoms with E-state index in [1.54, 1.807) is 17.6 Å². The molecular formula is C22H30F3N3S. The van der Waals surface area contributed by atoms with Gasteiger partial charge in [0.1, 0.15) is 5.01 Å². The maximum atomic E-state index is 13.3. The molecule has 7 heteroatoms. The maximum Gasteiger partial charge on any atom is 0.416 e. The van der Waals surface area contributed by atoms with Crippen molar-refractivity contribution in [2.45, 2.75) is 64.3 Å². The molecule has 3 nitrogen and oxygen atoms in total. The summed E-state index contributed by atoms with van der Waals surface area (Å²) in [6, 6.07) is 4.04. The molecule has 0 amide bonds. The van der Waals surface area contributed by atoms with Crippen molar-refractivity contribution in [2.24, 2.45) is 0 Å². The normalized spacial score (nSPS) is 18.4. The van der Waals surface area contributed by atoms with Gasteiger partial charge in [-0.2, -0.15) is 13.2 Å². The fourth-order valence-corrected chi connectivity index (χ4v) is 4.62. The Labute approximate surface area is 175 Å². The first kappa shape index (κ1) is 22.2. The standard InChI is InChI=1S/C22H30F3N3S/c1-20(2,3)28-11-8-21(4,9-12-28)27(5)15-16-6-7-17(22(23,24)25)14-18(16)19-26-10-13-29-19/h6-7,10,13-14H,8-9,11-12,15H2,1-5H3. The third kappa shape index (κ3) is 5.01. The van der Waals surface area contributed by atoms with Crippen molar-refractivity contribution < 1.29 is 13.2 Å². The molecule has 1 aliphatic heterocycles. The summed E-state index contributed by atoms with van der Waals surface area (Å²) in [6.07, 6.45) is -0.651. The summed E-state index contributed by atoms with van der Waals surface area (Å²) in [4.78, 5) is 9.07. The molecule has 1 saturated heterocycles. The molecule has 0 radical (unpaired) electrons. The SMILES string of the molecule is CN(Cc1ccc(C(F)(F)F)cc1-c1nccs1)C1(C)CCN(C(C)(C)C)CC1. The average Bonchev–Trinajstić information content (AvgIpc) is 3.15. The van der Waals surface area contributed by atoms with Gasteiger partial charge in [-0.25, -0.2) is 4.98 Å². The lowest BCUT2D eigenvalue weighted by Crippen LogP contribution is -2.55. The van der Waals surface area contributed by atoms with E-state index in [0.29, 0.717) is 17.1 Å². The second-order valence-corrected chi connectivity index (χ2v) is 10.1. The summed E-state index contributed by atoms with van der Waals surface area (Å²) in [5, 5.41) is 2.43. The van der Waals surface area contributed by atoms with Crippen molar-refractivity contribution in [1.82, 2.24) is 14.8 Å². The third-order valence-electron chi connectivity index (χ3n) is 6.22. The van der Waals surface area contributed by atoms with Crippen molar-refractivity contribution in [1.29, 1.82) is 0 Å². The lowest BCUT2D eigenvalue weighted by molar-refractivity contribution is -0.137. The Morgan fingerprint density at radius 1 is 1.17 bits per heavy atom. The quantitative estimate of drug-likeness (QED) is 0.607. The molecule has 0 atom stereocenters. The minimum Gasteiger partial charge on any atom is -0.298 e. The van der Waals surface area contributed by atoms with Crippen molar-refractivity contribution >= 4 is 11.3 Å². The van der Waals surface area contributed by atoms with Gasteiger partial charge < -0.3 is 0 Å². The topological polar surface area (TPSA) is 19.4 Å². The number of likely N-dealkylation sites (tertiary alicyclic amines) is 1. The van der Waals surface area contributed by atoms with Crippen molar-refractivity contribution in [2.75, 3.05) is 20.1 Å². The summed E-state index contributed by atoms with van der Waals surface area (Å²) < 4.78 is 39.8. The maximum absolute atomic E-state index is 13.3. The molecule has 160 valence electrons. The fraction of sp³-hybridized carbons (Fsp3) is 0.591. The molecule has 2 heterocycles. The summed E-state index contributed by atoms with van der Waals surface area (Å²) >= 11 is 1.37. The molecule has 0 spiro atoms. The molecule has 0 N–H and O–H groups in total. The second kappa shape index (κ2) is 8.00. The van der Waals surface area contributed by atoms with E-state index >= 15 is 0 Å². The van der Waals surface area contributed by atoms with Crippen LogP contribution in [-0.2, 0) is 12.7 Å². The van der Waals surface area contributed by atoms with E-state index in [2.05, 4.69) is 49.5 Å². The van der Waals surface area contributed by atoms with Gasteiger partial charge in [0.2, 0.25) is 0 Å². The number of halogens is 3. The number of rotatable bonds is 4. The molecule has 0 aliphatic carbocycles. The van der Waals surface area contributed by atoms with Crippen LogP contribution in [0.5, 0.6) is 0 Å². The molecule has 29 heavy (non-hydrogen) atoms. The number of aromatic nitrogens is 1. The highest BCUT2D eigenvalue weighted by atomic mass is 32.1. The molecule has 2 aromatic rings. The molecule has 1 aromatic heterocycles. The van der Waals surface area contributed by atoms with E-state index < -0.39 is 11.7 Å². The van der Waals surface area contributed by atoms with Gasteiger partial charge in [-0.05, 0) is 65.3 Å². The van der Waals surface area contributed by atoms with Crippen LogP contribution in [0.15, 0.2) is 29.8 Å². The van der Waals surface area contributed by atoms with Crippen LogP contribution >= 0.6 is 11.3 Å². The van der Waals surface area contributed by atoms with E-state index in [9.17, 15) is 13.2 Å². The summed E-state index contributed by atoms with van der Waals surface area (Å²) in [6.45, 7) is 11.6. The molecule has 0 bridgehead atoms. The predicted octanol–water partition coefficient (Wildman–Crippen LogP) is 5.91. The second-order valence-electron chi connectivity index (χ2n) is 9.22. The Hall–Kier alpha value is -1.44. The van der Waals surface area contributed by atoms with Gasteiger partial charge in [-0.3, -0.25) is 9.80 Å². The number of hydrogen-bond donors (Lipinski definition) is 0. The van der Waals surface area contributed by atoms with E-state index in [1.165, 1.54) is 23.5 Å². The van der Waals surface area contributed by atoms with Gasteiger partial charge in [0, 0.05) is 47.9 Å². The minimum atomic E-state index is -4.36. The Kier molecular flexibility index (Phi) is 6.14. The Balaban J connectivity index is 1.82. The van der Waals surface area contributed by atoms with Crippen LogP contribution in [0.25, 0.3) is 10.6 Å². The average molecular weight is 426 g/mol. The molecule has 1 aliphatic rings. The van der Waals surface area contributed by atoms with Crippen LogP contribution in [0, 0.1) is 0 Å². The molecule has 0 unspecified atom stereocenters. The molecule has 1 fully saturated rings. The van der Waals surface area contributed by atoms with Gasteiger partial charge in [0.25, 0.3) is 0 Å². The van der Waals surface area contributed by atoms with E-state index in [-0.39, 0.29) is 11.1 Å². The smallest absolute Gasteiger partial charge is 0.298 e. The zero-order valence-electron chi connectivity index (χ0n) is 17.8. The van der Waals surface area contributed by atoms with E-state index in [1.807, 2.05) is 0 Å². The largest absolute Gasteiger partial charge is 0.416 e. The fourth-order valence-electron chi connectivity index (χ4n) is 3.93. The van der Waals surface area contributed by atoms with Crippen LogP contribution in [0.3, 0.4) is 0 Å². The molecule has 1 aromatic carbocycles. The summed E-state index contributed by atoms with van der Waals surface area (Å²) in [7, 11) is 2.08. The Morgan fingerprint density at radius 3 is 2.34 bits per heavy atom. The van der Waals surface area contributed by atoms with Gasteiger partial charge in [0.05, 0.1) is 5.56 Å². The number of piperidine rings is 1. The van der Waals surface area contributed by atoms with Gasteiger partial charge in [-0.15, -0.1) is 11.3 Å². The molecular weight excluding hydrogens is 395 g/mol. The zero-order chi connectivity index (χ0) is 21.4. The van der Waals surface area contributed by atoms with Crippen LogP contribution in [-0.4, -0.2) is 46.0 Å². The van der Waals surface area contributed by atoms with Crippen LogP contribution < -0.4 is 0 Å². The third-order valence-corrected chi connectivity index (χ3v) is 7.02. The highest BCUT2D eigenvalue weighted by Gasteiger charge is 2.37. The monoisotopic (exact) mass is 425 g/mol. The number of alkyl halides is 3. The first-order valence-corrected chi connectivity index (χ1v) is 10.8. The first-order chi connectivity index (χ1) is 13.4. The van der Waals surface area contributed by atoms with Crippen molar-refractivity contribution in [3.05, 3.63) is 40.9 Å². The molecule has 3 rings (SSSR count). The molecule has 0 saturated carbocycles. The Morgan fingerprint density at radius 2 is 1.83 bits per heavy atom. The van der Waals surface area contributed by atoms with Gasteiger partial charge >= 0.3 is 6.18 Å². The van der Waals surface area contributed by atoms with Crippen LogP contribution in [0.2, 0.25) is 0 Å². The van der Waals surface area contributed by atoms with E-state index in [0.717, 1.165) is 31.5 Å². The highest BCUT2D eigenvalue weighted by Crippen LogP contribution is 2.37. The van der Waals surface area contributed by atoms with Crippen molar-refractivity contribution in [3.8, 4) is 10.6 Å². The van der Waals surface area contributed by atoms with Gasteiger partial charge in [-0.1, -0.05) is 6.07 Å². The summed E-state index contributed by atoms with van der Waals surface area (Å²) in [5.74, 6) is 0. The van der Waals surface area contributed by atoms with E-state index in [4.69, 9.17) is 0 Å². The lowest BCUT2D eigenvalue weighted by atomic mass is 9.85. The first-order valence-electron chi connectivity index (χ1n) is 9.96. The predicted molar refractivity (Wildman–Crippen MR) is 113 cm³/mol. The zero-order valence-corrected chi connectivity index (χ0v) is 18.6. The van der Waals surface area contributed by atoms with Crippen LogP contribution in [0.1, 0.15) is 51.7 Å². The number of thiazole rings is 1. The minimum absolute atomic E-state index is 0.0184. The summed E-state index contributed by atoms with van der Waals surface area (Å²) in [5.41, 5.74) is 1.02. The highest BCUT2D eigenvalue weighted by molar-refractivity contribution is 7.13. The van der Waals surface area contributed by atoms with Gasteiger partial charge in [0.15, 0.2) is 0 Å². The lowest BCUT2D eigenvalue weighted by Gasteiger charge is -2.49. The Bertz CT molecular complexity index is 817. The number of benzene rings is 1. The van der Waals surface area contributed by atoms with Crippen LogP contribution in [0.4, 0.5) is 13.2 Å². The number of nitrogens with zero attached hydrogens (tertiary/aromatic N) is 3. The van der Waals surface area contributed by atoms with Crippen molar-refractivity contribution in [3.63, 3.8) is 0 Å². The number of hydrogen-bond acceptors (Lipinski definition) is 4.